The summed E-state index contributed by atoms with van der Waals surface area (Å²) in [7, 11) is 0. The molecule has 1 fully saturated rings. The summed E-state index contributed by atoms with van der Waals surface area (Å²) in [6, 6.07) is 6.11. The highest BCUT2D eigenvalue weighted by Gasteiger charge is 2.36. The molecule has 2 atom stereocenters. The van der Waals surface area contributed by atoms with Crippen molar-refractivity contribution in [2.45, 2.75) is 45.3 Å². The fraction of sp³-hybridized carbons (Fsp3) is 0.391. The van der Waals surface area contributed by atoms with E-state index < -0.39 is 29.0 Å². The maximum absolute atomic E-state index is 13.2. The number of hydrogen-bond donors (Lipinski definition) is 2. The minimum atomic E-state index is -4.52. The lowest BCUT2D eigenvalue weighted by atomic mass is 9.89. The van der Waals surface area contributed by atoms with Gasteiger partial charge in [-0.1, -0.05) is 19.9 Å². The average Bonchev–Trinajstić information content (AvgIpc) is 3.24. The molecule has 1 aromatic carbocycles. The number of rotatable bonds is 3. The molecule has 34 heavy (non-hydrogen) atoms. The van der Waals surface area contributed by atoms with Gasteiger partial charge in [0.25, 0.3) is 0 Å². The normalized spacial score (nSPS) is 18.8. The number of carbonyl (C=O) groups excluding carboxylic acids is 2. The zero-order valence-electron chi connectivity index (χ0n) is 18.6. The second-order valence-corrected chi connectivity index (χ2v) is 9.51. The van der Waals surface area contributed by atoms with Gasteiger partial charge in [0.1, 0.15) is 5.82 Å². The summed E-state index contributed by atoms with van der Waals surface area (Å²) < 4.78 is 39.6. The summed E-state index contributed by atoms with van der Waals surface area (Å²) in [4.78, 5) is 35.2. The first-order valence-corrected chi connectivity index (χ1v) is 11.7. The Labute approximate surface area is 198 Å². The van der Waals surface area contributed by atoms with Crippen LogP contribution in [0.1, 0.15) is 48.9 Å². The molecule has 1 saturated heterocycles. The lowest BCUT2D eigenvalue weighted by Crippen LogP contribution is -2.46. The number of anilines is 2. The molecular weight excluding hydrogens is 467 g/mol. The van der Waals surface area contributed by atoms with E-state index in [1.54, 1.807) is 24.3 Å². The third-order valence-electron chi connectivity index (χ3n) is 5.95. The predicted octanol–water partition coefficient (Wildman–Crippen LogP) is 4.79. The molecule has 0 saturated carbocycles. The van der Waals surface area contributed by atoms with Crippen LogP contribution in [0.4, 0.5) is 24.7 Å². The van der Waals surface area contributed by atoms with Crippen molar-refractivity contribution in [1.82, 2.24) is 14.9 Å². The lowest BCUT2D eigenvalue weighted by molar-refractivity contribution is -0.146. The van der Waals surface area contributed by atoms with Crippen LogP contribution >= 0.6 is 11.3 Å². The lowest BCUT2D eigenvalue weighted by Gasteiger charge is -2.38. The minimum absolute atomic E-state index is 0.178. The van der Waals surface area contributed by atoms with Crippen LogP contribution in [0.2, 0.25) is 0 Å². The number of nitrogens with zero attached hydrogens (tertiary/aromatic N) is 3. The van der Waals surface area contributed by atoms with Crippen molar-refractivity contribution >= 4 is 44.9 Å². The van der Waals surface area contributed by atoms with E-state index in [-0.39, 0.29) is 11.4 Å². The number of carbonyl (C=O) groups is 2. The van der Waals surface area contributed by atoms with E-state index in [1.165, 1.54) is 11.1 Å². The summed E-state index contributed by atoms with van der Waals surface area (Å²) >= 11 is 0.582. The van der Waals surface area contributed by atoms with Crippen LogP contribution in [0, 0.1) is 5.92 Å². The van der Waals surface area contributed by atoms with Crippen molar-refractivity contribution in [3.05, 3.63) is 46.6 Å². The predicted molar refractivity (Wildman–Crippen MR) is 124 cm³/mol. The first kappa shape index (κ1) is 23.9. The summed E-state index contributed by atoms with van der Waals surface area (Å²) in [6.07, 6.45) is -1.09. The third kappa shape index (κ3) is 4.84. The average molecular weight is 492 g/mol. The van der Waals surface area contributed by atoms with Crippen LogP contribution in [0.5, 0.6) is 0 Å². The summed E-state index contributed by atoms with van der Waals surface area (Å²) in [5.41, 5.74) is 7.81. The van der Waals surface area contributed by atoms with Crippen LogP contribution in [0.3, 0.4) is 0 Å². The molecule has 0 radical (unpaired) electrons. The number of nitrogens with one attached hydrogen (secondary N) is 1. The van der Waals surface area contributed by atoms with E-state index in [1.807, 2.05) is 13.8 Å². The Morgan fingerprint density at radius 3 is 2.74 bits per heavy atom. The van der Waals surface area contributed by atoms with Gasteiger partial charge >= 0.3 is 18.0 Å². The number of halogens is 3. The van der Waals surface area contributed by atoms with E-state index >= 15 is 0 Å². The molecule has 1 aliphatic rings. The van der Waals surface area contributed by atoms with Crippen molar-refractivity contribution in [3.8, 4) is 0 Å². The van der Waals surface area contributed by atoms with Crippen molar-refractivity contribution in [2.75, 3.05) is 17.6 Å². The topological polar surface area (TPSA) is 101 Å². The van der Waals surface area contributed by atoms with Crippen LogP contribution in [-0.2, 0) is 22.2 Å². The number of benzene rings is 1. The second kappa shape index (κ2) is 9.21. The molecule has 0 spiro atoms. The number of nitrogens with two attached hydrogens (primary N) is 1. The van der Waals surface area contributed by atoms with Crippen LogP contribution in [0.25, 0.3) is 10.2 Å². The van der Waals surface area contributed by atoms with Gasteiger partial charge in [-0.2, -0.15) is 13.2 Å². The fourth-order valence-electron chi connectivity index (χ4n) is 4.18. The molecule has 11 heteroatoms. The smallest absolute Gasteiger partial charge is 0.383 e. The molecule has 2 amide bonds. The van der Waals surface area contributed by atoms with Gasteiger partial charge in [-0.05, 0) is 54.5 Å². The van der Waals surface area contributed by atoms with Crippen molar-refractivity contribution in [2.24, 2.45) is 5.92 Å². The SMILES string of the molecule is CCc1cc(NC(=O)C(=O)N2CC(C)CCC2c2ccc3sc(C(F)(F)F)nc3c2)cnc1N. The minimum Gasteiger partial charge on any atom is -0.383 e. The number of piperidine rings is 1. The molecule has 4 rings (SSSR count). The molecule has 2 aromatic heterocycles. The number of alkyl halides is 3. The van der Waals surface area contributed by atoms with Gasteiger partial charge in [0.2, 0.25) is 0 Å². The molecule has 3 heterocycles. The summed E-state index contributed by atoms with van der Waals surface area (Å²) in [5.74, 6) is -0.969. The van der Waals surface area contributed by atoms with Gasteiger partial charge in [-0.15, -0.1) is 11.3 Å². The number of hydrogen-bond acceptors (Lipinski definition) is 6. The highest BCUT2D eigenvalue weighted by molar-refractivity contribution is 7.18. The number of amides is 2. The molecule has 180 valence electrons. The quantitative estimate of drug-likeness (QED) is 0.513. The second-order valence-electron chi connectivity index (χ2n) is 8.48. The zero-order chi connectivity index (χ0) is 24.6. The van der Waals surface area contributed by atoms with Crippen molar-refractivity contribution < 1.29 is 22.8 Å². The molecule has 0 bridgehead atoms. The highest BCUT2D eigenvalue weighted by Crippen LogP contribution is 2.38. The summed E-state index contributed by atoms with van der Waals surface area (Å²) in [6.45, 7) is 4.26. The van der Waals surface area contributed by atoms with E-state index in [9.17, 15) is 22.8 Å². The maximum Gasteiger partial charge on any atom is 0.443 e. The fourth-order valence-corrected chi connectivity index (χ4v) is 5.00. The van der Waals surface area contributed by atoms with Gasteiger partial charge in [0.05, 0.1) is 28.1 Å². The molecular formula is C23H24F3N5O2S. The largest absolute Gasteiger partial charge is 0.443 e. The summed E-state index contributed by atoms with van der Waals surface area (Å²) in [5, 5.41) is 1.68. The van der Waals surface area contributed by atoms with E-state index in [0.29, 0.717) is 52.5 Å². The first-order valence-electron chi connectivity index (χ1n) is 10.9. The van der Waals surface area contributed by atoms with Gasteiger partial charge in [-0.25, -0.2) is 9.97 Å². The van der Waals surface area contributed by atoms with Crippen LogP contribution < -0.4 is 11.1 Å². The van der Waals surface area contributed by atoms with E-state index in [2.05, 4.69) is 15.3 Å². The van der Waals surface area contributed by atoms with Crippen molar-refractivity contribution in [1.29, 1.82) is 0 Å². The molecule has 7 nitrogen and oxygen atoms in total. The molecule has 0 aliphatic carbocycles. The monoisotopic (exact) mass is 491 g/mol. The highest BCUT2D eigenvalue weighted by atomic mass is 32.1. The number of likely N-dealkylation sites (tertiary alicyclic amines) is 1. The molecule has 3 N–H and O–H groups in total. The van der Waals surface area contributed by atoms with Gasteiger partial charge < -0.3 is 16.0 Å². The van der Waals surface area contributed by atoms with Gasteiger partial charge in [0, 0.05) is 6.54 Å². The van der Waals surface area contributed by atoms with E-state index in [0.717, 1.165) is 12.0 Å². The molecule has 2 unspecified atom stereocenters. The number of pyridine rings is 1. The number of aryl methyl sites for hydroxylation is 1. The number of fused-ring (bicyclic) bond motifs is 1. The zero-order valence-corrected chi connectivity index (χ0v) is 19.5. The third-order valence-corrected chi connectivity index (χ3v) is 7.03. The van der Waals surface area contributed by atoms with Crippen LogP contribution in [-0.4, -0.2) is 33.2 Å². The Bertz CT molecular complexity index is 1240. The van der Waals surface area contributed by atoms with Crippen molar-refractivity contribution in [3.63, 3.8) is 0 Å². The Kier molecular flexibility index (Phi) is 6.48. The van der Waals surface area contributed by atoms with E-state index in [4.69, 9.17) is 5.73 Å². The standard InChI is InChI=1S/C23H24F3N5O2S/c1-3-13-8-15(10-28-19(13)27)29-20(32)21(33)31-11-12(2)4-6-17(31)14-5-7-18-16(9-14)30-22(34-18)23(24,25)26/h5,7-10,12,17H,3-4,6,11H2,1-2H3,(H2,27,28)(H,29,32). The molecule has 1 aliphatic heterocycles. The Balaban J connectivity index is 1.59. The number of aromatic nitrogens is 2. The van der Waals surface area contributed by atoms with Gasteiger partial charge in [0.15, 0.2) is 5.01 Å². The number of nitrogen functional groups attached to an aromatic ring is 1. The Morgan fingerprint density at radius 2 is 2.03 bits per heavy atom. The van der Waals surface area contributed by atoms with Gasteiger partial charge in [-0.3, -0.25) is 9.59 Å². The first-order chi connectivity index (χ1) is 16.1. The maximum atomic E-state index is 13.2. The van der Waals surface area contributed by atoms with Crippen LogP contribution in [0.15, 0.2) is 30.5 Å². The Hall–Kier alpha value is -3.21. The number of thiazole rings is 1. The Morgan fingerprint density at radius 1 is 1.26 bits per heavy atom. The molecule has 3 aromatic rings.